The molecule has 27 heavy (non-hydrogen) atoms. The molecular formula is C22H33N5. The Balaban J connectivity index is 1.25. The highest BCUT2D eigenvalue weighted by atomic mass is 15.7. The molecule has 5 nitrogen and oxygen atoms in total. The molecule has 1 N–H and O–H groups in total. The van der Waals surface area contributed by atoms with Crippen molar-refractivity contribution < 1.29 is 0 Å². The summed E-state index contributed by atoms with van der Waals surface area (Å²) in [5.41, 5.74) is 4.64. The lowest BCUT2D eigenvalue weighted by Crippen LogP contribution is -2.52. The fourth-order valence-electron chi connectivity index (χ4n) is 5.58. The Morgan fingerprint density at radius 2 is 2.11 bits per heavy atom. The number of likely N-dealkylation sites (N-methyl/N-ethyl adjacent to an activating group) is 2. The van der Waals surface area contributed by atoms with Gasteiger partial charge in [-0.15, -0.1) is 0 Å². The molecule has 0 aromatic heterocycles. The normalized spacial score (nSPS) is 34.0. The van der Waals surface area contributed by atoms with Crippen LogP contribution >= 0.6 is 0 Å². The molecule has 3 unspecified atom stereocenters. The van der Waals surface area contributed by atoms with Gasteiger partial charge in [-0.2, -0.15) is 0 Å². The first-order valence-electron chi connectivity index (χ1n) is 10.7. The third kappa shape index (κ3) is 3.21. The zero-order chi connectivity index (χ0) is 18.4. The van der Waals surface area contributed by atoms with Crippen LogP contribution in [0.15, 0.2) is 47.5 Å². The SMILES string of the molecule is CN1C=C(CN2CCN3C(=CC(C4CC=CN4)N3C)C2)C=C2CCCCC21. The summed E-state index contributed by atoms with van der Waals surface area (Å²) in [7, 11) is 4.51. The number of nitrogens with zero attached hydrogens (tertiary/aromatic N) is 4. The zero-order valence-corrected chi connectivity index (χ0v) is 16.8. The van der Waals surface area contributed by atoms with Crippen molar-refractivity contribution in [1.29, 1.82) is 0 Å². The quantitative estimate of drug-likeness (QED) is 0.825. The monoisotopic (exact) mass is 367 g/mol. The Labute approximate surface area is 163 Å². The molecule has 0 aromatic carbocycles. The molecule has 4 heterocycles. The smallest absolute Gasteiger partial charge is 0.0695 e. The van der Waals surface area contributed by atoms with Crippen LogP contribution in [0, 0.1) is 0 Å². The number of hydrazine groups is 1. The van der Waals surface area contributed by atoms with E-state index in [4.69, 9.17) is 0 Å². The fraction of sp³-hybridized carbons (Fsp3) is 0.636. The van der Waals surface area contributed by atoms with E-state index in [1.54, 1.807) is 5.57 Å². The van der Waals surface area contributed by atoms with Crippen molar-refractivity contribution in [3.63, 3.8) is 0 Å². The van der Waals surface area contributed by atoms with Crippen LogP contribution in [0.1, 0.15) is 32.1 Å². The molecule has 0 spiro atoms. The van der Waals surface area contributed by atoms with Crippen molar-refractivity contribution >= 4 is 0 Å². The molecule has 0 bridgehead atoms. The third-order valence-corrected chi connectivity index (χ3v) is 7.01. The van der Waals surface area contributed by atoms with E-state index in [1.165, 1.54) is 37.0 Å². The van der Waals surface area contributed by atoms with Crippen molar-refractivity contribution in [3.8, 4) is 0 Å². The summed E-state index contributed by atoms with van der Waals surface area (Å²) in [5.74, 6) is 0. The van der Waals surface area contributed by atoms with Crippen LogP contribution in [0.25, 0.3) is 0 Å². The van der Waals surface area contributed by atoms with Gasteiger partial charge in [-0.25, -0.2) is 5.01 Å². The molecule has 1 saturated carbocycles. The number of nitrogens with one attached hydrogen (secondary N) is 1. The Morgan fingerprint density at radius 1 is 1.19 bits per heavy atom. The first-order valence-corrected chi connectivity index (χ1v) is 10.7. The Hall–Kier alpha value is -1.72. The Bertz CT molecular complexity index is 697. The molecule has 0 aromatic rings. The molecule has 5 aliphatic rings. The van der Waals surface area contributed by atoms with Crippen molar-refractivity contribution in [2.24, 2.45) is 0 Å². The molecule has 1 aliphatic carbocycles. The van der Waals surface area contributed by atoms with Crippen LogP contribution in [0.3, 0.4) is 0 Å². The predicted octanol–water partition coefficient (Wildman–Crippen LogP) is 2.29. The van der Waals surface area contributed by atoms with E-state index in [0.717, 1.165) is 32.6 Å². The molecule has 0 amide bonds. The third-order valence-electron chi connectivity index (χ3n) is 7.01. The van der Waals surface area contributed by atoms with Gasteiger partial charge in [0, 0.05) is 58.2 Å². The van der Waals surface area contributed by atoms with E-state index in [-0.39, 0.29) is 0 Å². The van der Waals surface area contributed by atoms with Crippen molar-refractivity contribution in [2.45, 2.75) is 50.2 Å². The van der Waals surface area contributed by atoms with Gasteiger partial charge in [-0.3, -0.25) is 4.90 Å². The van der Waals surface area contributed by atoms with Gasteiger partial charge in [-0.1, -0.05) is 18.6 Å². The van der Waals surface area contributed by atoms with Crippen molar-refractivity contribution in [3.05, 3.63) is 47.5 Å². The molecule has 3 atom stereocenters. The lowest BCUT2D eigenvalue weighted by atomic mass is 9.86. The minimum Gasteiger partial charge on any atom is -0.386 e. The maximum absolute atomic E-state index is 3.52. The van der Waals surface area contributed by atoms with E-state index in [0.29, 0.717) is 18.1 Å². The van der Waals surface area contributed by atoms with Gasteiger partial charge in [0.2, 0.25) is 0 Å². The van der Waals surface area contributed by atoms with E-state index in [1.807, 2.05) is 0 Å². The Morgan fingerprint density at radius 3 is 2.96 bits per heavy atom. The van der Waals surface area contributed by atoms with Crippen LogP contribution in [0.4, 0.5) is 0 Å². The highest BCUT2D eigenvalue weighted by Gasteiger charge is 2.37. The topological polar surface area (TPSA) is 25.0 Å². The summed E-state index contributed by atoms with van der Waals surface area (Å²) in [6.45, 7) is 4.37. The summed E-state index contributed by atoms with van der Waals surface area (Å²) in [4.78, 5) is 5.09. The molecule has 1 saturated heterocycles. The molecule has 146 valence electrons. The summed E-state index contributed by atoms with van der Waals surface area (Å²) in [6.07, 6.45) is 18.3. The summed E-state index contributed by atoms with van der Waals surface area (Å²) >= 11 is 0. The number of fused-ring (bicyclic) bond motifs is 2. The number of rotatable bonds is 3. The highest BCUT2D eigenvalue weighted by molar-refractivity contribution is 5.33. The molecule has 5 rings (SSSR count). The minimum atomic E-state index is 0.472. The molecular weight excluding hydrogens is 334 g/mol. The van der Waals surface area contributed by atoms with Gasteiger partial charge in [0.25, 0.3) is 0 Å². The maximum Gasteiger partial charge on any atom is 0.0695 e. The van der Waals surface area contributed by atoms with E-state index in [2.05, 4.69) is 69.9 Å². The maximum atomic E-state index is 3.52. The Kier molecular flexibility index (Phi) is 4.52. The van der Waals surface area contributed by atoms with Gasteiger partial charge in [-0.05, 0) is 49.1 Å². The van der Waals surface area contributed by atoms with Crippen LogP contribution < -0.4 is 5.32 Å². The molecule has 5 heteroatoms. The average molecular weight is 368 g/mol. The molecule has 0 radical (unpaired) electrons. The van der Waals surface area contributed by atoms with E-state index < -0.39 is 0 Å². The number of piperazine rings is 1. The summed E-state index contributed by atoms with van der Waals surface area (Å²) < 4.78 is 0. The lowest BCUT2D eigenvalue weighted by molar-refractivity contribution is -0.00358. The van der Waals surface area contributed by atoms with Gasteiger partial charge >= 0.3 is 0 Å². The minimum absolute atomic E-state index is 0.472. The van der Waals surface area contributed by atoms with Crippen LogP contribution in [0.5, 0.6) is 0 Å². The van der Waals surface area contributed by atoms with Crippen LogP contribution in [-0.2, 0) is 0 Å². The second-order valence-corrected chi connectivity index (χ2v) is 8.82. The second-order valence-electron chi connectivity index (χ2n) is 8.82. The standard InChI is InChI=1S/C22H33N5/c1-24-14-17(12-18-6-3-4-8-21(18)24)15-26-10-11-27-19(16-26)13-22(25(27)2)20-7-5-9-23-20/h5,9,12-14,20-23H,3-4,6-8,10-11,15-16H2,1-2H3. The highest BCUT2D eigenvalue weighted by Crippen LogP contribution is 2.33. The van der Waals surface area contributed by atoms with Crippen LogP contribution in [-0.4, -0.2) is 78.2 Å². The first-order chi connectivity index (χ1) is 13.2. The molecule has 4 aliphatic heterocycles. The van der Waals surface area contributed by atoms with Gasteiger partial charge in [0.05, 0.1) is 12.1 Å². The van der Waals surface area contributed by atoms with Gasteiger partial charge in [0.15, 0.2) is 0 Å². The van der Waals surface area contributed by atoms with Crippen molar-refractivity contribution in [2.75, 3.05) is 40.3 Å². The van der Waals surface area contributed by atoms with E-state index >= 15 is 0 Å². The van der Waals surface area contributed by atoms with Gasteiger partial charge < -0.3 is 15.2 Å². The van der Waals surface area contributed by atoms with Gasteiger partial charge in [0.1, 0.15) is 0 Å². The fourth-order valence-corrected chi connectivity index (χ4v) is 5.58. The average Bonchev–Trinajstić information content (AvgIpc) is 3.30. The number of hydrogen-bond acceptors (Lipinski definition) is 5. The second kappa shape index (κ2) is 7.02. The largest absolute Gasteiger partial charge is 0.386 e. The predicted molar refractivity (Wildman–Crippen MR) is 110 cm³/mol. The van der Waals surface area contributed by atoms with Crippen LogP contribution in [0.2, 0.25) is 0 Å². The lowest BCUT2D eigenvalue weighted by Gasteiger charge is -2.41. The molecule has 2 fully saturated rings. The number of hydrogen-bond donors (Lipinski definition) is 1. The first kappa shape index (κ1) is 17.4. The van der Waals surface area contributed by atoms with Crippen molar-refractivity contribution in [1.82, 2.24) is 25.1 Å². The zero-order valence-electron chi connectivity index (χ0n) is 16.8. The van der Waals surface area contributed by atoms with E-state index in [9.17, 15) is 0 Å². The summed E-state index contributed by atoms with van der Waals surface area (Å²) in [6, 6.07) is 1.66. The summed E-state index contributed by atoms with van der Waals surface area (Å²) in [5, 5.41) is 8.46.